The summed E-state index contributed by atoms with van der Waals surface area (Å²) in [7, 11) is 0. The number of aromatic nitrogens is 2. The van der Waals surface area contributed by atoms with Crippen LogP contribution in [-0.2, 0) is 11.3 Å². The molecule has 3 heterocycles. The van der Waals surface area contributed by atoms with E-state index in [0.717, 1.165) is 35.9 Å². The van der Waals surface area contributed by atoms with Crippen LogP contribution in [0.25, 0.3) is 0 Å². The molecule has 1 fully saturated rings. The average Bonchev–Trinajstić information content (AvgIpc) is 2.97. The second-order valence-corrected chi connectivity index (χ2v) is 5.72. The second kappa shape index (κ2) is 7.85. The quantitative estimate of drug-likeness (QED) is 0.796. The first kappa shape index (κ1) is 17.0. The van der Waals surface area contributed by atoms with E-state index in [1.54, 1.807) is 0 Å². The standard InChI is InChI=1S/C17H21N5O3/c1-12-13(2)25-17(20-12)24-11-14-9-15(22-5-7-23-8-6-22)10-16(21-14)19-4-3-18/h9-10H,4-8,11H2,1-2H3,(H,19,21). The SMILES string of the molecule is Cc1nc(OCc2cc(N3CCOCC3)cc(NCC#N)n2)oc1C. The molecule has 25 heavy (non-hydrogen) atoms. The summed E-state index contributed by atoms with van der Waals surface area (Å²) in [4.78, 5) is 10.9. The molecular formula is C17H21N5O3. The lowest BCUT2D eigenvalue weighted by molar-refractivity contribution is 0.122. The summed E-state index contributed by atoms with van der Waals surface area (Å²) in [6, 6.07) is 5.97. The van der Waals surface area contributed by atoms with Crippen molar-refractivity contribution in [2.45, 2.75) is 20.5 Å². The highest BCUT2D eigenvalue weighted by Crippen LogP contribution is 2.22. The predicted octanol–water partition coefficient (Wildman–Crippen LogP) is 2.04. The Morgan fingerprint density at radius 2 is 2.08 bits per heavy atom. The molecule has 0 atom stereocenters. The molecule has 0 aliphatic carbocycles. The van der Waals surface area contributed by atoms with Gasteiger partial charge in [0.25, 0.3) is 0 Å². The number of nitriles is 1. The monoisotopic (exact) mass is 343 g/mol. The minimum atomic E-state index is 0.192. The van der Waals surface area contributed by atoms with Gasteiger partial charge in [-0.05, 0) is 19.9 Å². The van der Waals surface area contributed by atoms with Crippen LogP contribution in [0.15, 0.2) is 16.5 Å². The Morgan fingerprint density at radius 1 is 1.28 bits per heavy atom. The van der Waals surface area contributed by atoms with Crippen LogP contribution >= 0.6 is 0 Å². The minimum absolute atomic E-state index is 0.192. The molecule has 0 saturated carbocycles. The van der Waals surface area contributed by atoms with Gasteiger partial charge in [-0.15, -0.1) is 0 Å². The zero-order chi connectivity index (χ0) is 17.6. The number of hydrogen-bond acceptors (Lipinski definition) is 8. The van der Waals surface area contributed by atoms with Crippen molar-refractivity contribution in [3.63, 3.8) is 0 Å². The summed E-state index contributed by atoms with van der Waals surface area (Å²) in [5.41, 5.74) is 2.57. The highest BCUT2D eigenvalue weighted by molar-refractivity contribution is 5.56. The van der Waals surface area contributed by atoms with Gasteiger partial charge in [0.2, 0.25) is 0 Å². The van der Waals surface area contributed by atoms with Crippen LogP contribution in [0.1, 0.15) is 17.1 Å². The van der Waals surface area contributed by atoms with Crippen LogP contribution in [0.2, 0.25) is 0 Å². The van der Waals surface area contributed by atoms with Gasteiger partial charge in [0, 0.05) is 24.8 Å². The summed E-state index contributed by atoms with van der Waals surface area (Å²) in [6.07, 6.45) is 0.236. The first-order chi connectivity index (χ1) is 12.2. The maximum absolute atomic E-state index is 8.78. The molecule has 2 aromatic heterocycles. The summed E-state index contributed by atoms with van der Waals surface area (Å²) in [5, 5.41) is 11.8. The molecule has 0 bridgehead atoms. The molecule has 1 N–H and O–H groups in total. The first-order valence-corrected chi connectivity index (χ1v) is 8.17. The number of morpholine rings is 1. The smallest absolute Gasteiger partial charge is 0.394 e. The van der Waals surface area contributed by atoms with Crippen molar-refractivity contribution < 1.29 is 13.9 Å². The fourth-order valence-corrected chi connectivity index (χ4v) is 2.51. The summed E-state index contributed by atoms with van der Waals surface area (Å²) in [6.45, 7) is 7.17. The number of aryl methyl sites for hydroxylation is 2. The summed E-state index contributed by atoms with van der Waals surface area (Å²) < 4.78 is 16.5. The lowest BCUT2D eigenvalue weighted by Crippen LogP contribution is -2.36. The van der Waals surface area contributed by atoms with Gasteiger partial charge in [-0.25, -0.2) is 4.98 Å². The number of rotatable bonds is 6. The maximum atomic E-state index is 8.78. The van der Waals surface area contributed by atoms with E-state index in [2.05, 4.69) is 26.3 Å². The van der Waals surface area contributed by atoms with E-state index >= 15 is 0 Å². The van der Waals surface area contributed by atoms with Gasteiger partial charge in [0.05, 0.1) is 30.7 Å². The third kappa shape index (κ3) is 4.39. The molecule has 1 saturated heterocycles. The number of oxazole rings is 1. The van der Waals surface area contributed by atoms with Crippen LogP contribution in [0.3, 0.4) is 0 Å². The van der Waals surface area contributed by atoms with Crippen LogP contribution in [-0.4, -0.2) is 42.8 Å². The fourth-order valence-electron chi connectivity index (χ4n) is 2.51. The molecule has 0 aromatic carbocycles. The summed E-state index contributed by atoms with van der Waals surface area (Å²) in [5.74, 6) is 1.38. The van der Waals surface area contributed by atoms with E-state index < -0.39 is 0 Å². The molecule has 1 aliphatic rings. The van der Waals surface area contributed by atoms with Crippen molar-refractivity contribution in [2.24, 2.45) is 0 Å². The maximum Gasteiger partial charge on any atom is 0.394 e. The number of nitrogens with zero attached hydrogens (tertiary/aromatic N) is 4. The van der Waals surface area contributed by atoms with E-state index in [9.17, 15) is 0 Å². The van der Waals surface area contributed by atoms with Gasteiger partial charge >= 0.3 is 6.08 Å². The van der Waals surface area contributed by atoms with E-state index in [-0.39, 0.29) is 19.2 Å². The highest BCUT2D eigenvalue weighted by atomic mass is 16.6. The van der Waals surface area contributed by atoms with Crippen LogP contribution < -0.4 is 15.0 Å². The molecular weight excluding hydrogens is 322 g/mol. The van der Waals surface area contributed by atoms with E-state index in [0.29, 0.717) is 19.0 Å². The first-order valence-electron chi connectivity index (χ1n) is 8.17. The van der Waals surface area contributed by atoms with E-state index in [1.807, 2.05) is 26.0 Å². The van der Waals surface area contributed by atoms with Gasteiger partial charge in [-0.1, -0.05) is 0 Å². The van der Waals surface area contributed by atoms with Crippen molar-refractivity contribution in [1.29, 1.82) is 5.26 Å². The largest absolute Gasteiger partial charge is 0.444 e. The Bertz CT molecular complexity index is 743. The molecule has 0 amide bonds. The number of anilines is 2. The topological polar surface area (TPSA) is 96.4 Å². The zero-order valence-electron chi connectivity index (χ0n) is 14.4. The van der Waals surface area contributed by atoms with Crippen molar-refractivity contribution in [3.05, 3.63) is 29.3 Å². The molecule has 132 valence electrons. The van der Waals surface area contributed by atoms with Crippen molar-refractivity contribution in [2.75, 3.05) is 43.1 Å². The minimum Gasteiger partial charge on any atom is -0.444 e. The average molecular weight is 343 g/mol. The Kier molecular flexibility index (Phi) is 5.36. The molecule has 8 heteroatoms. The molecule has 3 rings (SSSR count). The van der Waals surface area contributed by atoms with E-state index in [1.165, 1.54) is 0 Å². The molecule has 2 aromatic rings. The van der Waals surface area contributed by atoms with Gasteiger partial charge in [-0.2, -0.15) is 10.2 Å². The van der Waals surface area contributed by atoms with E-state index in [4.69, 9.17) is 19.2 Å². The molecule has 0 spiro atoms. The van der Waals surface area contributed by atoms with Crippen molar-refractivity contribution in [3.8, 4) is 12.1 Å². The lowest BCUT2D eigenvalue weighted by Gasteiger charge is -2.29. The van der Waals surface area contributed by atoms with Crippen LogP contribution in [0, 0.1) is 25.2 Å². The zero-order valence-corrected chi connectivity index (χ0v) is 14.4. The fraction of sp³-hybridized carbons (Fsp3) is 0.471. The molecule has 0 radical (unpaired) electrons. The van der Waals surface area contributed by atoms with Crippen LogP contribution in [0.5, 0.6) is 6.08 Å². The molecule has 1 aliphatic heterocycles. The van der Waals surface area contributed by atoms with Gasteiger partial charge < -0.3 is 24.1 Å². The second-order valence-electron chi connectivity index (χ2n) is 5.72. The number of ether oxygens (including phenoxy) is 2. The van der Waals surface area contributed by atoms with Gasteiger partial charge in [-0.3, -0.25) is 0 Å². The van der Waals surface area contributed by atoms with Gasteiger partial charge in [0.1, 0.15) is 24.7 Å². The number of pyridine rings is 1. The Morgan fingerprint density at radius 3 is 2.76 bits per heavy atom. The predicted molar refractivity (Wildman–Crippen MR) is 91.7 cm³/mol. The van der Waals surface area contributed by atoms with Gasteiger partial charge in [0.15, 0.2) is 0 Å². The Hall–Kier alpha value is -2.79. The normalized spacial score (nSPS) is 14.2. The molecule has 0 unspecified atom stereocenters. The third-order valence-electron chi connectivity index (χ3n) is 3.94. The Balaban J connectivity index is 1.77. The van der Waals surface area contributed by atoms with Crippen molar-refractivity contribution in [1.82, 2.24) is 9.97 Å². The van der Waals surface area contributed by atoms with Crippen molar-refractivity contribution >= 4 is 11.5 Å². The highest BCUT2D eigenvalue weighted by Gasteiger charge is 2.14. The van der Waals surface area contributed by atoms with Crippen LogP contribution in [0.4, 0.5) is 11.5 Å². The third-order valence-corrected chi connectivity index (χ3v) is 3.94. The Labute approximate surface area is 146 Å². The lowest BCUT2D eigenvalue weighted by atomic mass is 10.2. The summed E-state index contributed by atoms with van der Waals surface area (Å²) >= 11 is 0. The number of hydrogen-bond donors (Lipinski definition) is 1. The number of nitrogens with one attached hydrogen (secondary N) is 1. The molecule has 8 nitrogen and oxygen atoms in total.